The summed E-state index contributed by atoms with van der Waals surface area (Å²) in [6.07, 6.45) is 1.90. The van der Waals surface area contributed by atoms with Gasteiger partial charge in [-0.05, 0) is 42.5 Å². The van der Waals surface area contributed by atoms with Crippen molar-refractivity contribution in [3.63, 3.8) is 0 Å². The molecule has 0 saturated heterocycles. The van der Waals surface area contributed by atoms with Crippen molar-refractivity contribution in [2.75, 3.05) is 14.2 Å². The number of hydrogen-bond donors (Lipinski definition) is 1. The molecule has 1 aromatic carbocycles. The zero-order valence-electron chi connectivity index (χ0n) is 11.5. The maximum absolute atomic E-state index is 12.6. The van der Waals surface area contributed by atoms with Crippen molar-refractivity contribution in [1.82, 2.24) is 9.88 Å². The van der Waals surface area contributed by atoms with Gasteiger partial charge in [0.05, 0.1) is 7.11 Å². The zero-order chi connectivity index (χ0) is 14.3. The van der Waals surface area contributed by atoms with Gasteiger partial charge >= 0.3 is 0 Å². The van der Waals surface area contributed by atoms with Crippen molar-refractivity contribution in [3.8, 4) is 5.75 Å². The van der Waals surface area contributed by atoms with Crippen LogP contribution in [0.25, 0.3) is 10.8 Å². The van der Waals surface area contributed by atoms with E-state index in [4.69, 9.17) is 4.74 Å². The van der Waals surface area contributed by atoms with Crippen LogP contribution in [0.4, 0.5) is 0 Å². The predicted octanol–water partition coefficient (Wildman–Crippen LogP) is 1.70. The number of benzene rings is 1. The first-order valence-electron chi connectivity index (χ1n) is 6.61. The Hall–Kier alpha value is -2.30. The summed E-state index contributed by atoms with van der Waals surface area (Å²) in [7, 11) is 3.14. The number of ether oxygens (including phenoxy) is 1. The highest BCUT2D eigenvalue weighted by Gasteiger charge is 2.29. The van der Waals surface area contributed by atoms with Gasteiger partial charge in [-0.25, -0.2) is 0 Å². The van der Waals surface area contributed by atoms with Crippen LogP contribution < -0.4 is 15.6 Å². The molecule has 3 rings (SSSR count). The molecule has 0 spiro atoms. The van der Waals surface area contributed by atoms with Crippen LogP contribution in [0.1, 0.15) is 29.4 Å². The molecule has 0 bridgehead atoms. The van der Waals surface area contributed by atoms with Gasteiger partial charge in [-0.1, -0.05) is 0 Å². The molecule has 1 heterocycles. The summed E-state index contributed by atoms with van der Waals surface area (Å²) in [5.74, 6) is 0.433. The van der Waals surface area contributed by atoms with Crippen molar-refractivity contribution in [2.24, 2.45) is 0 Å². The molecule has 1 N–H and O–H groups in total. The quantitative estimate of drug-likeness (QED) is 0.925. The molecular weight excluding hydrogens is 256 g/mol. The standard InChI is InChI=1S/C15H16N2O3/c1-16-14(18)13-8-9-7-11(20-2)5-6-12(9)15(19)17(13)10-3-4-10/h5-8,10H,3-4H2,1-2H3,(H,16,18). The van der Waals surface area contributed by atoms with Gasteiger partial charge in [0.25, 0.3) is 11.5 Å². The normalized spacial score (nSPS) is 14.3. The summed E-state index contributed by atoms with van der Waals surface area (Å²) in [4.78, 5) is 24.6. The number of amides is 1. The minimum absolute atomic E-state index is 0.105. The lowest BCUT2D eigenvalue weighted by molar-refractivity contribution is 0.0952. The van der Waals surface area contributed by atoms with Crippen molar-refractivity contribution < 1.29 is 9.53 Å². The third-order valence-corrected chi connectivity index (χ3v) is 3.63. The highest BCUT2D eigenvalue weighted by Crippen LogP contribution is 2.35. The minimum atomic E-state index is -0.237. The van der Waals surface area contributed by atoms with Crippen LogP contribution >= 0.6 is 0 Å². The largest absolute Gasteiger partial charge is 0.497 e. The Morgan fingerprint density at radius 1 is 1.35 bits per heavy atom. The van der Waals surface area contributed by atoms with Crippen molar-refractivity contribution >= 4 is 16.7 Å². The summed E-state index contributed by atoms with van der Waals surface area (Å²) in [5.41, 5.74) is 0.312. The molecule has 1 aromatic heterocycles. The average molecular weight is 272 g/mol. The number of rotatable bonds is 3. The van der Waals surface area contributed by atoms with Crippen molar-refractivity contribution in [3.05, 3.63) is 40.3 Å². The van der Waals surface area contributed by atoms with E-state index in [-0.39, 0.29) is 17.5 Å². The second-order valence-corrected chi connectivity index (χ2v) is 4.97. The molecule has 0 atom stereocenters. The van der Waals surface area contributed by atoms with Crippen LogP contribution in [-0.4, -0.2) is 24.6 Å². The van der Waals surface area contributed by atoms with Crippen LogP contribution in [0.5, 0.6) is 5.75 Å². The van der Waals surface area contributed by atoms with Gasteiger partial charge in [-0.3, -0.25) is 9.59 Å². The molecular formula is C15H16N2O3. The number of methoxy groups -OCH3 is 1. The van der Waals surface area contributed by atoms with Gasteiger partial charge in [-0.2, -0.15) is 0 Å². The van der Waals surface area contributed by atoms with E-state index in [1.165, 1.54) is 0 Å². The number of carbonyl (C=O) groups is 1. The molecule has 1 aliphatic carbocycles. The predicted molar refractivity (Wildman–Crippen MR) is 76.4 cm³/mol. The van der Waals surface area contributed by atoms with Crippen LogP contribution in [-0.2, 0) is 0 Å². The Kier molecular flexibility index (Phi) is 2.97. The van der Waals surface area contributed by atoms with Gasteiger partial charge in [0.1, 0.15) is 11.4 Å². The Labute approximate surface area is 116 Å². The number of hydrogen-bond acceptors (Lipinski definition) is 3. The van der Waals surface area contributed by atoms with Crippen molar-refractivity contribution in [1.29, 1.82) is 0 Å². The Balaban J connectivity index is 2.32. The summed E-state index contributed by atoms with van der Waals surface area (Å²) in [6.45, 7) is 0. The fraction of sp³-hybridized carbons (Fsp3) is 0.333. The number of carbonyl (C=O) groups excluding carboxylic acids is 1. The van der Waals surface area contributed by atoms with Crippen LogP contribution in [0, 0.1) is 0 Å². The first-order valence-corrected chi connectivity index (χ1v) is 6.61. The summed E-state index contributed by atoms with van der Waals surface area (Å²) >= 11 is 0. The van der Waals surface area contributed by atoms with Crippen LogP contribution in [0.2, 0.25) is 0 Å². The van der Waals surface area contributed by atoms with Crippen molar-refractivity contribution in [2.45, 2.75) is 18.9 Å². The molecule has 1 saturated carbocycles. The first kappa shape index (κ1) is 12.7. The van der Waals surface area contributed by atoms with E-state index < -0.39 is 0 Å². The lowest BCUT2D eigenvalue weighted by atomic mass is 10.1. The van der Waals surface area contributed by atoms with E-state index in [0.717, 1.165) is 18.2 Å². The molecule has 0 aliphatic heterocycles. The van der Waals surface area contributed by atoms with Crippen LogP contribution in [0.3, 0.4) is 0 Å². The maximum Gasteiger partial charge on any atom is 0.267 e. The lowest BCUT2D eigenvalue weighted by Crippen LogP contribution is -2.30. The topological polar surface area (TPSA) is 60.3 Å². The Morgan fingerprint density at radius 2 is 2.10 bits per heavy atom. The highest BCUT2D eigenvalue weighted by atomic mass is 16.5. The monoisotopic (exact) mass is 272 g/mol. The van der Waals surface area contributed by atoms with Gasteiger partial charge in [0.15, 0.2) is 0 Å². The second-order valence-electron chi connectivity index (χ2n) is 4.97. The summed E-state index contributed by atoms with van der Waals surface area (Å²) in [6, 6.07) is 7.21. The number of aromatic nitrogens is 1. The number of nitrogens with zero attached hydrogens (tertiary/aromatic N) is 1. The third kappa shape index (κ3) is 1.95. The molecule has 1 aliphatic rings. The van der Waals surface area contributed by atoms with E-state index in [1.807, 2.05) is 0 Å². The van der Waals surface area contributed by atoms with Crippen LogP contribution in [0.15, 0.2) is 29.1 Å². The fourth-order valence-electron chi connectivity index (χ4n) is 2.44. The maximum atomic E-state index is 12.6. The highest BCUT2D eigenvalue weighted by molar-refractivity contribution is 5.97. The third-order valence-electron chi connectivity index (χ3n) is 3.63. The molecule has 104 valence electrons. The van der Waals surface area contributed by atoms with E-state index in [2.05, 4.69) is 5.32 Å². The Morgan fingerprint density at radius 3 is 2.70 bits per heavy atom. The first-order chi connectivity index (χ1) is 9.65. The van der Waals surface area contributed by atoms with E-state index in [0.29, 0.717) is 16.8 Å². The molecule has 1 amide bonds. The lowest BCUT2D eigenvalue weighted by Gasteiger charge is -2.13. The molecule has 1 fully saturated rings. The minimum Gasteiger partial charge on any atom is -0.497 e. The fourth-order valence-corrected chi connectivity index (χ4v) is 2.44. The summed E-state index contributed by atoms with van der Waals surface area (Å²) < 4.78 is 6.79. The summed E-state index contributed by atoms with van der Waals surface area (Å²) in [5, 5.41) is 3.94. The molecule has 5 heteroatoms. The van der Waals surface area contributed by atoms with Gasteiger partial charge in [-0.15, -0.1) is 0 Å². The van der Waals surface area contributed by atoms with Gasteiger partial charge in [0, 0.05) is 18.5 Å². The Bertz CT molecular complexity index is 745. The molecule has 5 nitrogen and oxygen atoms in total. The van der Waals surface area contributed by atoms with E-state index >= 15 is 0 Å². The smallest absolute Gasteiger partial charge is 0.267 e. The molecule has 2 aromatic rings. The average Bonchev–Trinajstić information content (AvgIpc) is 3.30. The zero-order valence-corrected chi connectivity index (χ0v) is 11.5. The number of fused-ring (bicyclic) bond motifs is 1. The second kappa shape index (κ2) is 4.67. The van der Waals surface area contributed by atoms with Gasteiger partial charge < -0.3 is 14.6 Å². The molecule has 0 radical (unpaired) electrons. The number of nitrogens with one attached hydrogen (secondary N) is 1. The molecule has 0 unspecified atom stereocenters. The van der Waals surface area contributed by atoms with Gasteiger partial charge in [0.2, 0.25) is 0 Å². The molecule has 20 heavy (non-hydrogen) atoms. The van der Waals surface area contributed by atoms with E-state index in [1.54, 1.807) is 43.0 Å². The van der Waals surface area contributed by atoms with E-state index in [9.17, 15) is 9.59 Å². The number of pyridine rings is 1. The SMILES string of the molecule is CNC(=O)c1cc2cc(OC)ccc2c(=O)n1C1CC1.